The number of hydrogen-bond acceptors (Lipinski definition) is 18. The zero-order valence-electron chi connectivity index (χ0n) is 51.0. The topological polar surface area (TPSA) is 241 Å². The average molecular weight is 1200 g/mol. The van der Waals surface area contributed by atoms with Gasteiger partial charge in [-0.05, 0) is 63.8 Å². The van der Waals surface area contributed by atoms with Crippen molar-refractivity contribution in [1.82, 2.24) is 0 Å². The molecule has 2 rings (SSSR count). The molecule has 0 aromatic heterocycles. The van der Waals surface area contributed by atoms with Crippen molar-refractivity contribution in [3.8, 4) is 11.5 Å². The molecule has 0 saturated carbocycles. The van der Waals surface area contributed by atoms with Crippen LogP contribution in [0, 0.1) is 13.8 Å². The molecule has 4 atom stereocenters. The second kappa shape index (κ2) is 42.8. The van der Waals surface area contributed by atoms with Crippen molar-refractivity contribution in [2.45, 2.75) is 180 Å². The van der Waals surface area contributed by atoms with Gasteiger partial charge < -0.3 is 65.3 Å². The van der Waals surface area contributed by atoms with Gasteiger partial charge in [0.25, 0.3) is 15.6 Å². The highest BCUT2D eigenvalue weighted by molar-refractivity contribution is 7.46. The number of phosphoric acid groups is 2. The summed E-state index contributed by atoms with van der Waals surface area (Å²) in [5.74, 6) is -0.728. The zero-order chi connectivity index (χ0) is 60.5. The minimum Gasteiger partial charge on any atom is -0.756 e. The lowest BCUT2D eigenvalue weighted by atomic mass is 10.0. The summed E-state index contributed by atoms with van der Waals surface area (Å²) < 4.78 is 78.9. The minimum atomic E-state index is -4.70. The van der Waals surface area contributed by atoms with Gasteiger partial charge in [-0.15, -0.1) is 0 Å². The summed E-state index contributed by atoms with van der Waals surface area (Å²) in [6.45, 7) is 3.43. The predicted molar refractivity (Wildman–Crippen MR) is 311 cm³/mol. The normalized spacial score (nSPS) is 14.0. The predicted octanol–water partition coefficient (Wildman–Crippen LogP) is 10.4. The molecule has 22 heteroatoms. The van der Waals surface area contributed by atoms with Gasteiger partial charge in [-0.2, -0.15) is 0 Å². The number of carbonyl (C=O) groups excluding carboxylic acids is 4. The number of rotatable bonds is 51. The van der Waals surface area contributed by atoms with E-state index in [-0.39, 0.29) is 65.3 Å². The Morgan fingerprint density at radius 2 is 0.671 bits per heavy atom. The van der Waals surface area contributed by atoms with E-state index in [1.54, 1.807) is 0 Å². The summed E-state index contributed by atoms with van der Waals surface area (Å²) in [6.07, 6.45) is 18.3. The highest BCUT2D eigenvalue weighted by Gasteiger charge is 2.24. The molecule has 0 aliphatic heterocycles. The van der Waals surface area contributed by atoms with Gasteiger partial charge in [-0.25, -0.2) is 0 Å². The van der Waals surface area contributed by atoms with Gasteiger partial charge in [0.05, 0.1) is 68.7 Å². The molecule has 2 aromatic carbocycles. The lowest BCUT2D eigenvalue weighted by Gasteiger charge is -2.28. The van der Waals surface area contributed by atoms with Crippen molar-refractivity contribution >= 4 is 39.5 Å². The zero-order valence-corrected chi connectivity index (χ0v) is 52.7. The molecule has 470 valence electrons. The van der Waals surface area contributed by atoms with Gasteiger partial charge in [0.15, 0.2) is 12.2 Å². The molecule has 20 nitrogen and oxygen atoms in total. The Bertz CT molecular complexity index is 1980. The van der Waals surface area contributed by atoms with Crippen LogP contribution in [0.5, 0.6) is 11.5 Å². The lowest BCUT2D eigenvalue weighted by molar-refractivity contribution is -0.870. The van der Waals surface area contributed by atoms with Crippen LogP contribution >= 0.6 is 15.6 Å². The van der Waals surface area contributed by atoms with E-state index in [1.165, 1.54) is 51.4 Å². The monoisotopic (exact) mass is 1200 g/mol. The molecular weight excluding hydrogens is 1100 g/mol. The van der Waals surface area contributed by atoms with Gasteiger partial charge in [-0.1, -0.05) is 138 Å². The van der Waals surface area contributed by atoms with E-state index in [9.17, 15) is 38.1 Å². The molecule has 0 bridgehead atoms. The second-order valence-electron chi connectivity index (χ2n) is 23.2. The molecule has 0 heterocycles. The Morgan fingerprint density at radius 1 is 0.390 bits per heavy atom. The smallest absolute Gasteiger partial charge is 0.306 e. The summed E-state index contributed by atoms with van der Waals surface area (Å²) in [7, 11) is 2.00. The number of nitrogens with zero attached hydrogens (tertiary/aromatic N) is 2. The fraction of sp³-hybridized carbons (Fsp3) is 0.733. The molecule has 0 amide bonds. The van der Waals surface area contributed by atoms with E-state index in [2.05, 4.69) is 0 Å². The van der Waals surface area contributed by atoms with Crippen LogP contribution in [0.2, 0.25) is 0 Å². The summed E-state index contributed by atoms with van der Waals surface area (Å²) in [5.41, 5.74) is 2.21. The molecule has 0 radical (unpaired) electrons. The number of esters is 4. The van der Waals surface area contributed by atoms with E-state index in [1.807, 2.05) is 105 Å². The third-order valence-corrected chi connectivity index (χ3v) is 14.9. The quantitative estimate of drug-likeness (QED) is 0.0197. The average Bonchev–Trinajstić information content (AvgIpc) is 3.41. The molecule has 0 N–H and O–H groups in total. The van der Waals surface area contributed by atoms with E-state index in [0.717, 1.165) is 62.5 Å². The molecule has 0 saturated heterocycles. The largest absolute Gasteiger partial charge is 0.756 e. The van der Waals surface area contributed by atoms with Crippen LogP contribution in [-0.2, 0) is 65.4 Å². The number of phosphoric ester groups is 2. The summed E-state index contributed by atoms with van der Waals surface area (Å²) in [6, 6.07) is 15.1. The first kappa shape index (κ1) is 74.2. The SMILES string of the molecule is Cc1ccc(OCCCC(=O)O[C@H](COC(=O)CCCCCCCCCCCCCCCCCCCCC(=O)OC[C@H](COP(=O)([O-])OCC[N+](C)(C)C)OC(=O)CCCOc2ccc(C)cc2)COP(=O)([O-])OCC[N+](C)(C)C)cc1. The first-order valence-electron chi connectivity index (χ1n) is 29.8. The Labute approximate surface area is 490 Å². The van der Waals surface area contributed by atoms with Gasteiger partial charge >= 0.3 is 23.9 Å². The van der Waals surface area contributed by atoms with Crippen molar-refractivity contribution in [2.75, 3.05) is 108 Å². The standard InChI is InChI=1S/C60H102N2O18P2/c1-51-33-37-53(38-34-51)71-43-27-31-59(65)79-55(49-77-81(67,68)75-45-41-61(3,4)5)47-73-57(63)29-25-23-21-19-17-15-13-11-9-10-12-14-16-18-20-22-24-26-30-58(64)74-48-56(50-78-82(69,70)76-46-42-62(6,7)8)80-60(66)32-28-44-72-54-39-35-52(2)36-40-54/h33-40,55-56H,9-32,41-50H2,1-8H3/t55-,56-/m1/s1. The van der Waals surface area contributed by atoms with Crippen molar-refractivity contribution in [3.05, 3.63) is 59.7 Å². The molecule has 0 aliphatic carbocycles. The van der Waals surface area contributed by atoms with Crippen molar-refractivity contribution in [3.63, 3.8) is 0 Å². The number of unbranched alkanes of at least 4 members (excludes halogenated alkanes) is 17. The van der Waals surface area contributed by atoms with Gasteiger partial charge in [0, 0.05) is 25.7 Å². The fourth-order valence-electron chi connectivity index (χ4n) is 7.96. The number of ether oxygens (including phenoxy) is 6. The molecule has 2 unspecified atom stereocenters. The Kier molecular flexibility index (Phi) is 38.7. The Balaban J connectivity index is 1.52. The van der Waals surface area contributed by atoms with Crippen LogP contribution in [0.4, 0.5) is 0 Å². The lowest BCUT2D eigenvalue weighted by Crippen LogP contribution is -2.37. The highest BCUT2D eigenvalue weighted by Crippen LogP contribution is 2.39. The summed E-state index contributed by atoms with van der Waals surface area (Å²) >= 11 is 0. The Morgan fingerprint density at radius 3 is 0.963 bits per heavy atom. The molecule has 0 spiro atoms. The molecule has 0 fully saturated rings. The molecular formula is C60H102N2O18P2. The maximum atomic E-state index is 12.7. The first-order chi connectivity index (χ1) is 38.9. The molecule has 2 aromatic rings. The minimum absolute atomic E-state index is 0.0151. The first-order valence-corrected chi connectivity index (χ1v) is 32.7. The number of quaternary nitrogens is 2. The van der Waals surface area contributed by atoms with Crippen LogP contribution in [0.15, 0.2) is 48.5 Å². The van der Waals surface area contributed by atoms with E-state index in [4.69, 9.17) is 46.5 Å². The van der Waals surface area contributed by atoms with E-state index < -0.39 is 64.9 Å². The molecule has 82 heavy (non-hydrogen) atoms. The summed E-state index contributed by atoms with van der Waals surface area (Å²) in [4.78, 5) is 75.4. The van der Waals surface area contributed by atoms with E-state index >= 15 is 0 Å². The van der Waals surface area contributed by atoms with E-state index in [0.29, 0.717) is 59.2 Å². The fourth-order valence-corrected chi connectivity index (χ4v) is 9.42. The number of aryl methyl sites for hydroxylation is 2. The third kappa shape index (κ3) is 43.7. The number of benzene rings is 2. The van der Waals surface area contributed by atoms with Gasteiger partial charge in [0.2, 0.25) is 0 Å². The third-order valence-electron chi connectivity index (χ3n) is 13.0. The number of hydrogen-bond donors (Lipinski definition) is 0. The second-order valence-corrected chi connectivity index (χ2v) is 26.0. The van der Waals surface area contributed by atoms with Crippen LogP contribution in [0.1, 0.15) is 165 Å². The van der Waals surface area contributed by atoms with Gasteiger partial charge in [-0.3, -0.25) is 28.3 Å². The van der Waals surface area contributed by atoms with Crippen LogP contribution in [-0.4, -0.2) is 153 Å². The van der Waals surface area contributed by atoms with Crippen molar-refractivity contribution in [1.29, 1.82) is 0 Å². The highest BCUT2D eigenvalue weighted by atomic mass is 31.2. The summed E-state index contributed by atoms with van der Waals surface area (Å²) in [5, 5.41) is 0. The van der Waals surface area contributed by atoms with Crippen LogP contribution in [0.25, 0.3) is 0 Å². The number of likely N-dealkylation sites (N-methyl/N-ethyl adjacent to an activating group) is 2. The van der Waals surface area contributed by atoms with Crippen LogP contribution in [0.3, 0.4) is 0 Å². The van der Waals surface area contributed by atoms with Crippen LogP contribution < -0.4 is 19.3 Å². The van der Waals surface area contributed by atoms with Crippen molar-refractivity contribution < 1.29 is 93.6 Å². The Hall–Kier alpha value is -3.94. The molecule has 0 aliphatic rings. The van der Waals surface area contributed by atoms with Crippen molar-refractivity contribution in [2.24, 2.45) is 0 Å². The number of carbonyl (C=O) groups is 4. The maximum Gasteiger partial charge on any atom is 0.306 e. The van der Waals surface area contributed by atoms with Gasteiger partial charge in [0.1, 0.15) is 51.0 Å². The maximum absolute atomic E-state index is 12.7.